The number of nitrogens with zero attached hydrogens (tertiary/aromatic N) is 1. The molecule has 4 aromatic carbocycles. The molecule has 3 atom stereocenters. The monoisotopic (exact) mass is 620 g/mol. The van der Waals surface area contributed by atoms with Crippen molar-refractivity contribution in [2.24, 2.45) is 0 Å². The Morgan fingerprint density at radius 2 is 1.33 bits per heavy atom. The van der Waals surface area contributed by atoms with E-state index in [0.717, 1.165) is 33.4 Å². The highest BCUT2D eigenvalue weighted by molar-refractivity contribution is 7.99. The number of aliphatic carboxylic acids is 1. The van der Waals surface area contributed by atoms with E-state index in [2.05, 4.69) is 29.6 Å². The second-order valence-electron chi connectivity index (χ2n) is 11.6. The lowest BCUT2D eigenvalue weighted by Gasteiger charge is -2.29. The van der Waals surface area contributed by atoms with E-state index in [-0.39, 0.29) is 29.2 Å². The Labute approximate surface area is 267 Å². The van der Waals surface area contributed by atoms with Gasteiger partial charge in [0.2, 0.25) is 11.8 Å². The minimum atomic E-state index is -1.80. The zero-order chi connectivity index (χ0) is 31.3. The second kappa shape index (κ2) is 13.7. The first-order chi connectivity index (χ1) is 21.9. The molecule has 4 aromatic rings. The van der Waals surface area contributed by atoms with Gasteiger partial charge in [0.1, 0.15) is 6.04 Å². The number of aliphatic hydroxyl groups excluding tert-OH is 1. The molecule has 1 saturated heterocycles. The third kappa shape index (κ3) is 6.53. The summed E-state index contributed by atoms with van der Waals surface area (Å²) in [4.78, 5) is 41.0. The van der Waals surface area contributed by atoms with Gasteiger partial charge in [-0.3, -0.25) is 9.59 Å². The first-order valence-corrected chi connectivity index (χ1v) is 16.4. The maximum Gasteiger partial charge on any atom is 0.334 e. The molecule has 1 aliphatic carbocycles. The minimum absolute atomic E-state index is 0.0971. The predicted octanol–water partition coefficient (Wildman–Crippen LogP) is 5.63. The molecule has 6 rings (SSSR count). The Morgan fingerprint density at radius 1 is 0.800 bits per heavy atom. The number of fused-ring (bicyclic) bond motifs is 3. The van der Waals surface area contributed by atoms with Gasteiger partial charge in [0.15, 0.2) is 6.10 Å². The third-order valence-corrected chi connectivity index (χ3v) is 10.3. The summed E-state index contributed by atoms with van der Waals surface area (Å²) >= 11 is 1.46. The van der Waals surface area contributed by atoms with Crippen LogP contribution in [0.3, 0.4) is 0 Å². The highest BCUT2D eigenvalue weighted by atomic mass is 32.2. The van der Waals surface area contributed by atoms with Crippen LogP contribution >= 0.6 is 11.8 Å². The van der Waals surface area contributed by atoms with E-state index in [0.29, 0.717) is 19.4 Å². The van der Waals surface area contributed by atoms with Crippen molar-refractivity contribution in [1.29, 1.82) is 0 Å². The Morgan fingerprint density at radius 3 is 1.89 bits per heavy atom. The average Bonchev–Trinajstić information content (AvgIpc) is 3.69. The summed E-state index contributed by atoms with van der Waals surface area (Å²) < 4.78 is 0. The van der Waals surface area contributed by atoms with Gasteiger partial charge >= 0.3 is 5.97 Å². The number of hydrogen-bond donors (Lipinski definition) is 3. The summed E-state index contributed by atoms with van der Waals surface area (Å²) in [5.74, 6) is -1.89. The first kappa shape index (κ1) is 30.6. The lowest BCUT2D eigenvalue weighted by atomic mass is 9.93. The van der Waals surface area contributed by atoms with Crippen LogP contribution in [0.1, 0.15) is 52.7 Å². The fraction of sp³-hybridized carbons (Fsp3) is 0.270. The fourth-order valence-corrected chi connectivity index (χ4v) is 7.98. The molecule has 2 aliphatic rings. The molecule has 1 fully saturated rings. The average molecular weight is 621 g/mol. The van der Waals surface area contributed by atoms with E-state index in [1.807, 2.05) is 84.9 Å². The van der Waals surface area contributed by atoms with E-state index in [1.54, 1.807) is 4.90 Å². The Kier molecular flexibility index (Phi) is 9.33. The van der Waals surface area contributed by atoms with Crippen molar-refractivity contribution in [3.8, 4) is 11.1 Å². The number of carboxylic acids is 1. The molecule has 1 heterocycles. The molecule has 0 aromatic heterocycles. The molecule has 230 valence electrons. The Bertz CT molecular complexity index is 1580. The zero-order valence-corrected chi connectivity index (χ0v) is 25.6. The van der Waals surface area contributed by atoms with Gasteiger partial charge in [-0.25, -0.2) is 4.79 Å². The van der Waals surface area contributed by atoms with Gasteiger partial charge in [0.25, 0.3) is 0 Å². The summed E-state index contributed by atoms with van der Waals surface area (Å²) in [6, 6.07) is 34.2. The molecular formula is C37H36N2O5S. The van der Waals surface area contributed by atoms with Crippen LogP contribution in [0.2, 0.25) is 0 Å². The van der Waals surface area contributed by atoms with Gasteiger partial charge in [0.05, 0.1) is 11.3 Å². The van der Waals surface area contributed by atoms with E-state index in [1.165, 1.54) is 11.8 Å². The van der Waals surface area contributed by atoms with Crippen molar-refractivity contribution in [1.82, 2.24) is 10.2 Å². The number of rotatable bonds is 11. The lowest BCUT2D eigenvalue weighted by Crippen LogP contribution is -2.54. The number of carboxylic acid groups (broad SMARTS) is 1. The van der Waals surface area contributed by atoms with Crippen molar-refractivity contribution in [3.63, 3.8) is 0 Å². The number of thioether (sulfide) groups is 1. The second-order valence-corrected chi connectivity index (χ2v) is 12.7. The lowest BCUT2D eigenvalue weighted by molar-refractivity contribution is -0.149. The van der Waals surface area contributed by atoms with Gasteiger partial charge in [-0.1, -0.05) is 109 Å². The van der Waals surface area contributed by atoms with Crippen molar-refractivity contribution in [2.75, 3.05) is 12.3 Å². The van der Waals surface area contributed by atoms with Crippen LogP contribution in [0.4, 0.5) is 0 Å². The SMILES string of the molecule is O=C(O)[C@H](O)[C@H](CSC(c1ccccc1)c1ccccc1)NC(=O)[C@@H]1CCCN1C(=O)CC1c2ccccc2-c2ccccc21. The number of carbonyl (C=O) groups excluding carboxylic acids is 2. The molecule has 0 radical (unpaired) electrons. The molecule has 8 heteroatoms. The topological polar surface area (TPSA) is 107 Å². The zero-order valence-electron chi connectivity index (χ0n) is 24.8. The van der Waals surface area contributed by atoms with E-state index >= 15 is 0 Å². The van der Waals surface area contributed by atoms with Crippen LogP contribution in [0.5, 0.6) is 0 Å². The van der Waals surface area contributed by atoms with Crippen molar-refractivity contribution in [3.05, 3.63) is 131 Å². The predicted molar refractivity (Wildman–Crippen MR) is 176 cm³/mol. The Hall–Kier alpha value is -4.40. The molecule has 0 bridgehead atoms. The largest absolute Gasteiger partial charge is 0.479 e. The molecule has 45 heavy (non-hydrogen) atoms. The fourth-order valence-electron chi connectivity index (χ4n) is 6.61. The quantitative estimate of drug-likeness (QED) is 0.201. The van der Waals surface area contributed by atoms with Crippen molar-refractivity contribution in [2.45, 2.75) is 48.6 Å². The summed E-state index contributed by atoms with van der Waals surface area (Å²) in [7, 11) is 0. The number of likely N-dealkylation sites (tertiary alicyclic amines) is 1. The van der Waals surface area contributed by atoms with E-state index in [9.17, 15) is 24.6 Å². The summed E-state index contributed by atoms with van der Waals surface area (Å²) in [6.07, 6.45) is -0.405. The first-order valence-electron chi connectivity index (χ1n) is 15.3. The van der Waals surface area contributed by atoms with Crippen LogP contribution in [-0.2, 0) is 14.4 Å². The standard InChI is InChI=1S/C37H36N2O5S/c40-33(22-30-28-18-9-7-16-26(28)27-17-8-10-19-29(27)30)39-21-11-20-32(39)36(42)38-31(34(41)37(43)44)23-45-35(24-12-3-1-4-13-24)25-14-5-2-6-15-25/h1-10,12-19,30-32,34-35,41H,11,20-23H2,(H,38,42)(H,43,44)/t31-,32-,34+/m0/s1. The number of benzene rings is 4. The summed E-state index contributed by atoms with van der Waals surface area (Å²) in [5, 5.41) is 23.1. The van der Waals surface area contributed by atoms with E-state index in [4.69, 9.17) is 0 Å². The van der Waals surface area contributed by atoms with Crippen LogP contribution < -0.4 is 5.32 Å². The normalized spacial score (nSPS) is 17.0. The molecule has 7 nitrogen and oxygen atoms in total. The highest BCUT2D eigenvalue weighted by Crippen LogP contribution is 2.46. The summed E-state index contributed by atoms with van der Waals surface area (Å²) in [6.45, 7) is 0.456. The number of nitrogens with one attached hydrogen (secondary N) is 1. The molecule has 1 aliphatic heterocycles. The van der Waals surface area contributed by atoms with Crippen molar-refractivity contribution >= 4 is 29.5 Å². The number of hydrogen-bond acceptors (Lipinski definition) is 5. The third-order valence-electron chi connectivity index (χ3n) is 8.83. The smallest absolute Gasteiger partial charge is 0.334 e. The van der Waals surface area contributed by atoms with Crippen LogP contribution in [0.15, 0.2) is 109 Å². The van der Waals surface area contributed by atoms with Crippen LogP contribution in [0, 0.1) is 0 Å². The number of amides is 2. The molecule has 2 amide bonds. The van der Waals surface area contributed by atoms with Gasteiger partial charge < -0.3 is 20.4 Å². The maximum atomic E-state index is 13.8. The van der Waals surface area contributed by atoms with Gasteiger partial charge in [0, 0.05) is 24.6 Å². The molecular weight excluding hydrogens is 584 g/mol. The molecule has 0 saturated carbocycles. The summed E-state index contributed by atoms with van der Waals surface area (Å²) in [5.41, 5.74) is 6.56. The highest BCUT2D eigenvalue weighted by Gasteiger charge is 2.39. The van der Waals surface area contributed by atoms with Gasteiger partial charge in [-0.05, 0) is 46.2 Å². The van der Waals surface area contributed by atoms with Gasteiger partial charge in [-0.15, -0.1) is 11.8 Å². The van der Waals surface area contributed by atoms with E-state index < -0.39 is 30.1 Å². The van der Waals surface area contributed by atoms with Gasteiger partial charge in [-0.2, -0.15) is 0 Å². The van der Waals surface area contributed by atoms with Crippen molar-refractivity contribution < 1.29 is 24.6 Å². The van der Waals surface area contributed by atoms with Crippen LogP contribution in [0.25, 0.3) is 11.1 Å². The number of carbonyl (C=O) groups is 3. The van der Waals surface area contributed by atoms with Crippen LogP contribution in [-0.4, -0.2) is 63.4 Å². The molecule has 0 spiro atoms. The minimum Gasteiger partial charge on any atom is -0.479 e. The maximum absolute atomic E-state index is 13.8. The molecule has 0 unspecified atom stereocenters. The molecule has 3 N–H and O–H groups in total. The number of aliphatic hydroxyl groups is 1. The Balaban J connectivity index is 1.17.